The van der Waals surface area contributed by atoms with Crippen LogP contribution >= 0.6 is 7.87 Å². The Balaban J connectivity index is 4.46. The monoisotopic (exact) mass is 235 g/mol. The van der Waals surface area contributed by atoms with Crippen molar-refractivity contribution in [2.75, 3.05) is 6.61 Å². The molecule has 0 spiro atoms. The number of rotatable bonds is 6. The lowest BCUT2D eigenvalue weighted by molar-refractivity contribution is -0.119. The first kappa shape index (κ1) is 14.8. The van der Waals surface area contributed by atoms with Crippen LogP contribution in [0.25, 0.3) is 0 Å². The second-order valence-corrected chi connectivity index (χ2v) is 6.50. The zero-order chi connectivity index (χ0) is 12.1. The van der Waals surface area contributed by atoms with Gasteiger partial charge in [0.15, 0.2) is 0 Å². The zero-order valence-corrected chi connectivity index (χ0v) is 10.6. The SMILES string of the molecule is CC(C)N(OCCC#N)[P+](O)(O)C(C)C. The topological polar surface area (TPSA) is 76.7 Å². The van der Waals surface area contributed by atoms with E-state index in [0.29, 0.717) is 0 Å². The molecule has 0 amide bonds. The van der Waals surface area contributed by atoms with Crippen molar-refractivity contribution in [1.82, 2.24) is 4.83 Å². The van der Waals surface area contributed by atoms with E-state index in [0.717, 1.165) is 0 Å². The summed E-state index contributed by atoms with van der Waals surface area (Å²) in [7, 11) is -3.22. The van der Waals surface area contributed by atoms with Gasteiger partial charge in [-0.05, 0) is 32.5 Å². The zero-order valence-electron chi connectivity index (χ0n) is 9.71. The van der Waals surface area contributed by atoms with Gasteiger partial charge in [-0.15, -0.1) is 0 Å². The van der Waals surface area contributed by atoms with Crippen LogP contribution in [0, 0.1) is 11.3 Å². The smallest absolute Gasteiger partial charge is 0.261 e. The molecule has 0 heterocycles. The highest BCUT2D eigenvalue weighted by molar-refractivity contribution is 7.62. The van der Waals surface area contributed by atoms with E-state index in [1.807, 2.05) is 19.9 Å². The molecule has 0 aromatic carbocycles. The highest BCUT2D eigenvalue weighted by atomic mass is 31.2. The van der Waals surface area contributed by atoms with Crippen molar-refractivity contribution in [2.24, 2.45) is 0 Å². The minimum Gasteiger partial charge on any atom is -0.261 e. The number of hydrogen-bond donors (Lipinski definition) is 2. The highest BCUT2D eigenvalue weighted by Gasteiger charge is 2.48. The van der Waals surface area contributed by atoms with Crippen LogP contribution in [0.1, 0.15) is 34.1 Å². The average Bonchev–Trinajstić information content (AvgIpc) is 2.11. The Morgan fingerprint density at radius 1 is 1.33 bits per heavy atom. The average molecular weight is 235 g/mol. The van der Waals surface area contributed by atoms with Gasteiger partial charge in [-0.1, -0.05) is 0 Å². The Hall–Kier alpha value is -0.240. The van der Waals surface area contributed by atoms with E-state index >= 15 is 0 Å². The first-order valence-electron chi connectivity index (χ1n) is 4.97. The van der Waals surface area contributed by atoms with Gasteiger partial charge in [0.1, 0.15) is 5.66 Å². The maximum atomic E-state index is 9.91. The van der Waals surface area contributed by atoms with Crippen LogP contribution in [0.2, 0.25) is 0 Å². The van der Waals surface area contributed by atoms with Crippen molar-refractivity contribution in [3.05, 3.63) is 0 Å². The number of nitriles is 1. The second kappa shape index (κ2) is 6.37. The van der Waals surface area contributed by atoms with Gasteiger partial charge < -0.3 is 0 Å². The first-order valence-corrected chi connectivity index (χ1v) is 6.69. The third-order valence-corrected chi connectivity index (χ3v) is 4.41. The number of nitrogens with zero attached hydrogens (tertiary/aromatic N) is 2. The lowest BCUT2D eigenvalue weighted by Crippen LogP contribution is -2.34. The molecule has 0 unspecified atom stereocenters. The lowest BCUT2D eigenvalue weighted by Gasteiger charge is -2.29. The molecule has 0 aromatic rings. The molecule has 0 rings (SSSR count). The highest BCUT2D eigenvalue weighted by Crippen LogP contribution is 2.59. The van der Waals surface area contributed by atoms with E-state index in [1.165, 1.54) is 4.83 Å². The van der Waals surface area contributed by atoms with E-state index < -0.39 is 7.87 Å². The van der Waals surface area contributed by atoms with Crippen molar-refractivity contribution in [1.29, 1.82) is 5.26 Å². The molecule has 0 radical (unpaired) electrons. The van der Waals surface area contributed by atoms with E-state index in [1.54, 1.807) is 13.8 Å². The van der Waals surface area contributed by atoms with Crippen LogP contribution in [0.3, 0.4) is 0 Å². The van der Waals surface area contributed by atoms with Gasteiger partial charge in [-0.25, -0.2) is 9.79 Å². The Morgan fingerprint density at radius 3 is 2.20 bits per heavy atom. The fraction of sp³-hybridized carbons (Fsp3) is 0.889. The normalized spacial score (nSPS) is 12.5. The van der Waals surface area contributed by atoms with Gasteiger partial charge in [0.2, 0.25) is 0 Å². The summed E-state index contributed by atoms with van der Waals surface area (Å²) in [6.45, 7) is 7.28. The lowest BCUT2D eigenvalue weighted by atomic mass is 10.4. The molecule has 0 saturated carbocycles. The Morgan fingerprint density at radius 2 is 1.87 bits per heavy atom. The fourth-order valence-corrected chi connectivity index (χ4v) is 2.37. The standard InChI is InChI=1S/C9H20N2O3P/c1-8(2)11(14-7-5-6-10)15(12,13)9(3)4/h8-9,12-13H,5,7H2,1-4H3/q+1. The maximum Gasteiger partial charge on any atom is 0.369 e. The third-order valence-electron chi connectivity index (χ3n) is 1.86. The Labute approximate surface area is 91.8 Å². The van der Waals surface area contributed by atoms with Crippen LogP contribution < -0.4 is 0 Å². The largest absolute Gasteiger partial charge is 0.369 e. The Kier molecular flexibility index (Phi) is 6.26. The van der Waals surface area contributed by atoms with Gasteiger partial charge >= 0.3 is 7.87 Å². The van der Waals surface area contributed by atoms with Crippen molar-refractivity contribution < 1.29 is 14.6 Å². The molecule has 2 N–H and O–H groups in total. The summed E-state index contributed by atoms with van der Waals surface area (Å²) in [5.41, 5.74) is -0.276. The van der Waals surface area contributed by atoms with Crippen molar-refractivity contribution in [3.63, 3.8) is 0 Å². The predicted molar refractivity (Wildman–Crippen MR) is 59.7 cm³/mol. The molecule has 0 fully saturated rings. The molecule has 0 atom stereocenters. The predicted octanol–water partition coefficient (Wildman–Crippen LogP) is 1.70. The molecule has 0 aliphatic heterocycles. The van der Waals surface area contributed by atoms with E-state index in [2.05, 4.69) is 0 Å². The molecule has 0 aliphatic carbocycles. The van der Waals surface area contributed by atoms with Crippen LogP contribution in [0.5, 0.6) is 0 Å². The van der Waals surface area contributed by atoms with Crippen LogP contribution in [0.4, 0.5) is 0 Å². The molecule has 0 aromatic heterocycles. The molecule has 88 valence electrons. The summed E-state index contributed by atoms with van der Waals surface area (Å²) in [6, 6.07) is 1.81. The van der Waals surface area contributed by atoms with E-state index in [9.17, 15) is 9.79 Å². The Bertz CT molecular complexity index is 226. The minimum atomic E-state index is -3.22. The minimum absolute atomic E-state index is 0.130. The van der Waals surface area contributed by atoms with Gasteiger partial charge in [-0.2, -0.15) is 5.26 Å². The number of hydroxylamine groups is 1. The van der Waals surface area contributed by atoms with E-state index in [-0.39, 0.29) is 24.7 Å². The summed E-state index contributed by atoms with van der Waals surface area (Å²) in [5, 5.41) is 8.37. The molecule has 0 saturated heterocycles. The van der Waals surface area contributed by atoms with Gasteiger partial charge in [-0.3, -0.25) is 4.84 Å². The number of hydrogen-bond acceptors (Lipinski definition) is 5. The van der Waals surface area contributed by atoms with Crippen LogP contribution in [-0.4, -0.2) is 32.9 Å². The van der Waals surface area contributed by atoms with Crippen molar-refractivity contribution in [3.8, 4) is 6.07 Å². The van der Waals surface area contributed by atoms with Crippen molar-refractivity contribution in [2.45, 2.75) is 45.8 Å². The molecule has 0 aliphatic rings. The second-order valence-electron chi connectivity index (χ2n) is 3.85. The van der Waals surface area contributed by atoms with E-state index in [4.69, 9.17) is 10.1 Å². The summed E-state index contributed by atoms with van der Waals surface area (Å²) in [6.07, 6.45) is 0.237. The summed E-state index contributed by atoms with van der Waals surface area (Å²) >= 11 is 0. The maximum absolute atomic E-state index is 9.91. The van der Waals surface area contributed by atoms with Crippen LogP contribution in [0.15, 0.2) is 0 Å². The van der Waals surface area contributed by atoms with Gasteiger partial charge in [0.25, 0.3) is 0 Å². The summed E-state index contributed by atoms with van der Waals surface area (Å²) in [4.78, 5) is 26.3. The molecular formula is C9H20N2O3P+. The van der Waals surface area contributed by atoms with Gasteiger partial charge in [0, 0.05) is 0 Å². The quantitative estimate of drug-likeness (QED) is 0.416. The van der Waals surface area contributed by atoms with Crippen molar-refractivity contribution >= 4 is 7.87 Å². The molecule has 15 heavy (non-hydrogen) atoms. The first-order chi connectivity index (χ1) is 6.84. The fourth-order valence-electron chi connectivity index (χ4n) is 0.986. The summed E-state index contributed by atoms with van der Waals surface area (Å²) in [5.74, 6) is 0. The molecular weight excluding hydrogens is 215 g/mol. The molecule has 0 bridgehead atoms. The molecule has 6 heteroatoms. The van der Waals surface area contributed by atoms with Crippen LogP contribution in [-0.2, 0) is 4.84 Å². The van der Waals surface area contributed by atoms with Gasteiger partial charge in [0.05, 0.1) is 25.1 Å². The third kappa shape index (κ3) is 4.42. The molecule has 5 nitrogen and oxygen atoms in total. The summed E-state index contributed by atoms with van der Waals surface area (Å²) < 4.78 is 0.